The third-order valence-corrected chi connectivity index (χ3v) is 5.15. The van der Waals surface area contributed by atoms with E-state index in [9.17, 15) is 8.42 Å². The molecular formula is C8H15N3O2S2. The number of likely N-dealkylation sites (N-methyl/N-ethyl adjacent to an activating group) is 2. The summed E-state index contributed by atoms with van der Waals surface area (Å²) >= 11 is 1.20. The van der Waals surface area contributed by atoms with Crippen LogP contribution in [-0.4, -0.2) is 44.9 Å². The van der Waals surface area contributed by atoms with Gasteiger partial charge < -0.3 is 5.32 Å². The molecule has 1 aromatic rings. The standard InChI is InChI=1S/C8H15N3O2S2/c1-7-10-6-8(14-7)15(12,13)11(3)5-4-9-2/h6,9H,4-5H2,1-3H3. The van der Waals surface area contributed by atoms with E-state index in [-0.39, 0.29) is 0 Å². The van der Waals surface area contributed by atoms with Gasteiger partial charge in [-0.3, -0.25) is 0 Å². The smallest absolute Gasteiger partial charge is 0.253 e. The fourth-order valence-electron chi connectivity index (χ4n) is 1.00. The van der Waals surface area contributed by atoms with Crippen molar-refractivity contribution in [3.63, 3.8) is 0 Å². The van der Waals surface area contributed by atoms with Crippen LogP contribution < -0.4 is 5.32 Å². The van der Waals surface area contributed by atoms with Gasteiger partial charge in [-0.05, 0) is 14.0 Å². The average molecular weight is 249 g/mol. The van der Waals surface area contributed by atoms with Crippen LogP contribution in [0, 0.1) is 6.92 Å². The van der Waals surface area contributed by atoms with Gasteiger partial charge in [0.25, 0.3) is 10.0 Å². The molecule has 0 amide bonds. The van der Waals surface area contributed by atoms with E-state index in [4.69, 9.17) is 0 Å². The van der Waals surface area contributed by atoms with Crippen LogP contribution in [0.25, 0.3) is 0 Å². The Balaban J connectivity index is 2.83. The zero-order valence-corrected chi connectivity index (χ0v) is 10.7. The molecule has 0 aliphatic rings. The summed E-state index contributed by atoms with van der Waals surface area (Å²) in [5.74, 6) is 0. The second-order valence-corrected chi connectivity index (χ2v) is 6.63. The second-order valence-electron chi connectivity index (χ2n) is 3.13. The lowest BCUT2D eigenvalue weighted by Crippen LogP contribution is -2.32. The molecule has 0 saturated carbocycles. The van der Waals surface area contributed by atoms with Crippen molar-refractivity contribution >= 4 is 21.4 Å². The fourth-order valence-corrected chi connectivity index (χ4v) is 3.50. The maximum absolute atomic E-state index is 11.9. The van der Waals surface area contributed by atoms with Crippen LogP contribution in [0.1, 0.15) is 5.01 Å². The number of hydrogen-bond donors (Lipinski definition) is 1. The number of sulfonamides is 1. The summed E-state index contributed by atoms with van der Waals surface area (Å²) in [6.07, 6.45) is 1.41. The first-order valence-corrected chi connectivity index (χ1v) is 6.77. The number of hydrogen-bond acceptors (Lipinski definition) is 5. The van der Waals surface area contributed by atoms with Crippen LogP contribution in [-0.2, 0) is 10.0 Å². The van der Waals surface area contributed by atoms with Crippen LogP contribution in [0.5, 0.6) is 0 Å². The highest BCUT2D eigenvalue weighted by atomic mass is 32.2. The van der Waals surface area contributed by atoms with Gasteiger partial charge in [0.2, 0.25) is 0 Å². The molecule has 0 fully saturated rings. The molecular weight excluding hydrogens is 234 g/mol. The summed E-state index contributed by atoms with van der Waals surface area (Å²) in [7, 11) is 0.0191. The van der Waals surface area contributed by atoms with Crippen LogP contribution in [0.2, 0.25) is 0 Å². The average Bonchev–Trinajstić information content (AvgIpc) is 2.61. The Kier molecular flexibility index (Phi) is 4.21. The zero-order valence-electron chi connectivity index (χ0n) is 9.02. The Bertz CT molecular complexity index is 413. The van der Waals surface area contributed by atoms with Crippen molar-refractivity contribution in [2.75, 3.05) is 27.2 Å². The minimum atomic E-state index is -3.34. The molecule has 5 nitrogen and oxygen atoms in total. The molecule has 0 saturated heterocycles. The molecule has 1 heterocycles. The van der Waals surface area contributed by atoms with Gasteiger partial charge in [-0.1, -0.05) is 0 Å². The highest BCUT2D eigenvalue weighted by Gasteiger charge is 2.22. The molecule has 0 unspecified atom stereocenters. The summed E-state index contributed by atoms with van der Waals surface area (Å²) in [4.78, 5) is 3.94. The number of thiazole rings is 1. The number of rotatable bonds is 5. The van der Waals surface area contributed by atoms with E-state index < -0.39 is 10.0 Å². The zero-order chi connectivity index (χ0) is 11.5. The van der Waals surface area contributed by atoms with Crippen molar-refractivity contribution in [1.29, 1.82) is 0 Å². The number of nitrogens with one attached hydrogen (secondary N) is 1. The SMILES string of the molecule is CNCCN(C)S(=O)(=O)c1cnc(C)s1. The minimum absolute atomic E-state index is 0.304. The van der Waals surface area contributed by atoms with Crippen molar-refractivity contribution in [2.45, 2.75) is 11.1 Å². The Hall–Kier alpha value is -0.500. The van der Waals surface area contributed by atoms with Gasteiger partial charge in [-0.15, -0.1) is 11.3 Å². The van der Waals surface area contributed by atoms with Gasteiger partial charge in [0.05, 0.1) is 11.2 Å². The molecule has 1 aromatic heterocycles. The van der Waals surface area contributed by atoms with Crippen LogP contribution >= 0.6 is 11.3 Å². The third-order valence-electron chi connectivity index (χ3n) is 1.94. The lowest BCUT2D eigenvalue weighted by molar-refractivity contribution is 0.467. The first-order chi connectivity index (χ1) is 6.98. The summed E-state index contributed by atoms with van der Waals surface area (Å²) < 4.78 is 25.5. The van der Waals surface area contributed by atoms with Crippen molar-refractivity contribution in [1.82, 2.24) is 14.6 Å². The Morgan fingerprint density at radius 3 is 2.73 bits per heavy atom. The van der Waals surface area contributed by atoms with Crippen molar-refractivity contribution in [3.8, 4) is 0 Å². The fraction of sp³-hybridized carbons (Fsp3) is 0.625. The molecule has 0 aliphatic heterocycles. The summed E-state index contributed by atoms with van der Waals surface area (Å²) in [6.45, 7) is 2.88. The maximum Gasteiger partial charge on any atom is 0.253 e. The van der Waals surface area contributed by atoms with Crippen LogP contribution in [0.4, 0.5) is 0 Å². The van der Waals surface area contributed by atoms with E-state index in [0.717, 1.165) is 5.01 Å². The van der Waals surface area contributed by atoms with Gasteiger partial charge >= 0.3 is 0 Å². The first-order valence-electron chi connectivity index (χ1n) is 4.52. The van der Waals surface area contributed by atoms with Gasteiger partial charge in [0.15, 0.2) is 4.21 Å². The van der Waals surface area contributed by atoms with Crippen molar-refractivity contribution in [3.05, 3.63) is 11.2 Å². The predicted octanol–water partition coefficient (Wildman–Crippen LogP) is 0.291. The van der Waals surface area contributed by atoms with Crippen molar-refractivity contribution in [2.24, 2.45) is 0 Å². The topological polar surface area (TPSA) is 62.3 Å². The van der Waals surface area contributed by atoms with Gasteiger partial charge in [0.1, 0.15) is 0 Å². The summed E-state index contributed by atoms with van der Waals surface area (Å²) in [6, 6.07) is 0. The molecule has 0 aliphatic carbocycles. The van der Waals surface area contributed by atoms with Gasteiger partial charge in [-0.2, -0.15) is 4.31 Å². The lowest BCUT2D eigenvalue weighted by atomic mass is 10.6. The lowest BCUT2D eigenvalue weighted by Gasteiger charge is -2.14. The summed E-state index contributed by atoms with van der Waals surface area (Å²) in [5.41, 5.74) is 0. The van der Waals surface area contributed by atoms with Crippen molar-refractivity contribution < 1.29 is 8.42 Å². The molecule has 86 valence electrons. The third kappa shape index (κ3) is 2.97. The molecule has 0 bridgehead atoms. The number of aromatic nitrogens is 1. The van der Waals surface area contributed by atoms with Crippen LogP contribution in [0.3, 0.4) is 0 Å². The van der Waals surface area contributed by atoms with E-state index in [1.165, 1.54) is 21.8 Å². The maximum atomic E-state index is 11.9. The quantitative estimate of drug-likeness (QED) is 0.815. The normalized spacial score (nSPS) is 12.3. The van der Waals surface area contributed by atoms with Gasteiger partial charge in [0, 0.05) is 20.1 Å². The largest absolute Gasteiger partial charge is 0.318 e. The Morgan fingerprint density at radius 1 is 1.60 bits per heavy atom. The molecule has 0 spiro atoms. The first kappa shape index (κ1) is 12.6. The van der Waals surface area contributed by atoms with E-state index in [0.29, 0.717) is 17.3 Å². The molecule has 0 atom stereocenters. The molecule has 0 aromatic carbocycles. The van der Waals surface area contributed by atoms with Gasteiger partial charge in [-0.25, -0.2) is 13.4 Å². The number of aryl methyl sites for hydroxylation is 1. The van der Waals surface area contributed by atoms with E-state index in [2.05, 4.69) is 10.3 Å². The minimum Gasteiger partial charge on any atom is -0.318 e. The number of nitrogens with zero attached hydrogens (tertiary/aromatic N) is 2. The molecule has 0 radical (unpaired) electrons. The Labute approximate surface area is 94.2 Å². The highest BCUT2D eigenvalue weighted by Crippen LogP contribution is 2.20. The summed E-state index contributed by atoms with van der Waals surface area (Å²) in [5, 5.41) is 3.67. The molecule has 15 heavy (non-hydrogen) atoms. The monoisotopic (exact) mass is 249 g/mol. The van der Waals surface area contributed by atoms with E-state index >= 15 is 0 Å². The molecule has 1 rings (SSSR count). The molecule has 7 heteroatoms. The highest BCUT2D eigenvalue weighted by molar-refractivity contribution is 7.91. The Morgan fingerprint density at radius 2 is 2.27 bits per heavy atom. The van der Waals surface area contributed by atoms with Crippen LogP contribution in [0.15, 0.2) is 10.4 Å². The van der Waals surface area contributed by atoms with E-state index in [1.54, 1.807) is 21.0 Å². The van der Waals surface area contributed by atoms with E-state index in [1.807, 2.05) is 0 Å². The molecule has 1 N–H and O–H groups in total. The second kappa shape index (κ2) is 5.02. The predicted molar refractivity (Wildman–Crippen MR) is 60.6 cm³/mol.